The molecule has 0 aromatic carbocycles. The third-order valence-corrected chi connectivity index (χ3v) is 8.65. The normalized spacial score (nSPS) is 19.3. The smallest absolute Gasteiger partial charge is 0.337 e. The molecular formula is C27H50O7. The van der Waals surface area contributed by atoms with E-state index < -0.39 is 34.8 Å². The summed E-state index contributed by atoms with van der Waals surface area (Å²) >= 11 is 0. The first-order valence-corrected chi connectivity index (χ1v) is 12.9. The molecule has 4 N–H and O–H groups in total. The monoisotopic (exact) mass is 486 g/mol. The van der Waals surface area contributed by atoms with Gasteiger partial charge in [0.15, 0.2) is 5.60 Å². The van der Waals surface area contributed by atoms with E-state index in [2.05, 4.69) is 0 Å². The molecule has 0 radical (unpaired) electrons. The maximum atomic E-state index is 12.9. The fourth-order valence-electron chi connectivity index (χ4n) is 4.46. The molecule has 0 aliphatic carbocycles. The minimum Gasteiger partial charge on any atom is -0.481 e. The van der Waals surface area contributed by atoms with E-state index >= 15 is 0 Å². The van der Waals surface area contributed by atoms with Gasteiger partial charge in [-0.1, -0.05) is 62.3 Å². The Labute approximate surface area is 206 Å². The summed E-state index contributed by atoms with van der Waals surface area (Å²) in [6.45, 7) is 17.9. The number of carboxylic acid groups (broad SMARTS) is 3. The summed E-state index contributed by atoms with van der Waals surface area (Å²) in [7, 11) is 0. The average Bonchev–Trinajstić information content (AvgIpc) is 2.72. The molecule has 7 nitrogen and oxygen atoms in total. The van der Waals surface area contributed by atoms with Crippen molar-refractivity contribution >= 4 is 17.9 Å². The molecule has 200 valence electrons. The van der Waals surface area contributed by atoms with Crippen LogP contribution in [0, 0.1) is 46.8 Å². The first kappa shape index (κ1) is 32.4. The van der Waals surface area contributed by atoms with Crippen LogP contribution < -0.4 is 0 Å². The van der Waals surface area contributed by atoms with Gasteiger partial charge >= 0.3 is 17.9 Å². The molecule has 0 aromatic heterocycles. The Hall–Kier alpha value is -1.63. The van der Waals surface area contributed by atoms with Gasteiger partial charge in [-0.3, -0.25) is 9.59 Å². The molecular weight excluding hydrogens is 436 g/mol. The lowest BCUT2D eigenvalue weighted by atomic mass is 9.58. The number of aliphatic hydroxyl groups is 1. The molecule has 5 unspecified atom stereocenters. The number of hydrogen-bond donors (Lipinski definition) is 4. The van der Waals surface area contributed by atoms with Gasteiger partial charge in [0.2, 0.25) is 0 Å². The van der Waals surface area contributed by atoms with Gasteiger partial charge in [0.05, 0.1) is 5.92 Å². The lowest BCUT2D eigenvalue weighted by molar-refractivity contribution is -0.208. The summed E-state index contributed by atoms with van der Waals surface area (Å²) in [5, 5.41) is 42.6. The van der Waals surface area contributed by atoms with Crippen LogP contribution in [0.15, 0.2) is 0 Å². The summed E-state index contributed by atoms with van der Waals surface area (Å²) in [5.41, 5.74) is -5.05. The summed E-state index contributed by atoms with van der Waals surface area (Å²) in [6.07, 6.45) is 0.836. The number of hydrogen-bond acceptors (Lipinski definition) is 4. The van der Waals surface area contributed by atoms with Gasteiger partial charge in [0.25, 0.3) is 0 Å². The Morgan fingerprint density at radius 2 is 0.941 bits per heavy atom. The van der Waals surface area contributed by atoms with E-state index in [4.69, 9.17) is 0 Å². The SMILES string of the molecule is CC(C)C(C)CCC(C(=O)O)C(O)(C(=O)O)C(CCC(C)C(C)C)(CCC(C)C(C)C)C(=O)O. The van der Waals surface area contributed by atoms with Crippen LogP contribution in [0.1, 0.15) is 101 Å². The molecule has 0 aromatic rings. The van der Waals surface area contributed by atoms with E-state index in [-0.39, 0.29) is 54.8 Å². The molecule has 0 rings (SSSR count). The van der Waals surface area contributed by atoms with Crippen LogP contribution in [0.2, 0.25) is 0 Å². The predicted molar refractivity (Wildman–Crippen MR) is 133 cm³/mol. The second-order valence-corrected chi connectivity index (χ2v) is 11.7. The number of carboxylic acids is 3. The first-order chi connectivity index (χ1) is 15.4. The molecule has 0 heterocycles. The Kier molecular flexibility index (Phi) is 12.8. The van der Waals surface area contributed by atoms with Crippen LogP contribution >= 0.6 is 0 Å². The lowest BCUT2D eigenvalue weighted by Gasteiger charge is -2.46. The van der Waals surface area contributed by atoms with E-state index in [1.165, 1.54) is 0 Å². The van der Waals surface area contributed by atoms with E-state index in [1.807, 2.05) is 62.3 Å². The van der Waals surface area contributed by atoms with Crippen LogP contribution in [-0.2, 0) is 14.4 Å². The maximum absolute atomic E-state index is 12.9. The fraction of sp³-hybridized carbons (Fsp3) is 0.889. The van der Waals surface area contributed by atoms with E-state index in [0.29, 0.717) is 19.3 Å². The molecule has 0 spiro atoms. The van der Waals surface area contributed by atoms with Gasteiger partial charge in [-0.25, -0.2) is 4.79 Å². The van der Waals surface area contributed by atoms with Gasteiger partial charge < -0.3 is 20.4 Å². The average molecular weight is 487 g/mol. The molecule has 0 saturated carbocycles. The van der Waals surface area contributed by atoms with Crippen molar-refractivity contribution in [1.29, 1.82) is 0 Å². The third-order valence-electron chi connectivity index (χ3n) is 8.65. The van der Waals surface area contributed by atoms with Gasteiger partial charge in [-0.05, 0) is 74.0 Å². The van der Waals surface area contributed by atoms with Crippen molar-refractivity contribution in [2.75, 3.05) is 0 Å². The molecule has 0 saturated heterocycles. The van der Waals surface area contributed by atoms with Crippen molar-refractivity contribution in [3.63, 3.8) is 0 Å². The molecule has 0 aliphatic rings. The Morgan fingerprint density at radius 1 is 0.588 bits per heavy atom. The molecule has 0 aliphatic heterocycles. The van der Waals surface area contributed by atoms with Crippen molar-refractivity contribution in [2.45, 2.75) is 106 Å². The Bertz CT molecular complexity index is 652. The minimum atomic E-state index is -2.94. The van der Waals surface area contributed by atoms with Crippen molar-refractivity contribution in [3.8, 4) is 0 Å². The fourth-order valence-corrected chi connectivity index (χ4v) is 4.46. The highest BCUT2D eigenvalue weighted by molar-refractivity contribution is 5.93. The van der Waals surface area contributed by atoms with E-state index in [1.54, 1.807) is 0 Å². The molecule has 7 heteroatoms. The first-order valence-electron chi connectivity index (χ1n) is 12.9. The largest absolute Gasteiger partial charge is 0.481 e. The van der Waals surface area contributed by atoms with Crippen molar-refractivity contribution in [1.82, 2.24) is 0 Å². The van der Waals surface area contributed by atoms with Gasteiger partial charge in [0.1, 0.15) is 5.41 Å². The minimum absolute atomic E-state index is 0.0866. The standard InChI is InChI=1S/C27H50O7/c1-16(2)19(7)10-11-22(23(28)29)27(34,25(32)33)26(24(30)31,14-12-20(8)17(3)4)15-13-21(9)18(5)6/h16-22,34H,10-15H2,1-9H3,(H,28,29)(H,30,31)(H,32,33). The van der Waals surface area contributed by atoms with Crippen molar-refractivity contribution < 1.29 is 34.8 Å². The van der Waals surface area contributed by atoms with Crippen LogP contribution in [0.25, 0.3) is 0 Å². The zero-order valence-electron chi connectivity index (χ0n) is 22.8. The summed E-state index contributed by atoms with van der Waals surface area (Å²) < 4.78 is 0. The maximum Gasteiger partial charge on any atom is 0.337 e. The van der Waals surface area contributed by atoms with Crippen LogP contribution in [-0.4, -0.2) is 43.9 Å². The number of carbonyl (C=O) groups is 3. The van der Waals surface area contributed by atoms with Crippen molar-refractivity contribution in [3.05, 3.63) is 0 Å². The van der Waals surface area contributed by atoms with Crippen molar-refractivity contribution in [2.24, 2.45) is 46.8 Å². The number of rotatable bonds is 17. The summed E-state index contributed by atoms with van der Waals surface area (Å²) in [5.74, 6) is -5.42. The highest BCUT2D eigenvalue weighted by Crippen LogP contribution is 2.49. The molecule has 0 amide bonds. The summed E-state index contributed by atoms with van der Waals surface area (Å²) in [4.78, 5) is 38.0. The predicted octanol–water partition coefficient (Wildman–Crippen LogP) is 5.79. The van der Waals surface area contributed by atoms with Crippen LogP contribution in [0.3, 0.4) is 0 Å². The van der Waals surface area contributed by atoms with E-state index in [9.17, 15) is 34.8 Å². The second-order valence-electron chi connectivity index (χ2n) is 11.7. The molecule has 0 bridgehead atoms. The zero-order chi connectivity index (χ0) is 27.0. The molecule has 0 fully saturated rings. The summed E-state index contributed by atoms with van der Waals surface area (Å²) in [6, 6.07) is 0. The lowest BCUT2D eigenvalue weighted by Crippen LogP contribution is -2.64. The highest BCUT2D eigenvalue weighted by atomic mass is 16.4. The molecule has 5 atom stereocenters. The van der Waals surface area contributed by atoms with Crippen LogP contribution in [0.4, 0.5) is 0 Å². The van der Waals surface area contributed by atoms with Crippen LogP contribution in [0.5, 0.6) is 0 Å². The topological polar surface area (TPSA) is 132 Å². The Morgan fingerprint density at radius 3 is 1.21 bits per heavy atom. The second kappa shape index (κ2) is 13.5. The molecule has 34 heavy (non-hydrogen) atoms. The van der Waals surface area contributed by atoms with Gasteiger partial charge in [-0.2, -0.15) is 0 Å². The third kappa shape index (κ3) is 7.69. The van der Waals surface area contributed by atoms with Gasteiger partial charge in [-0.15, -0.1) is 0 Å². The highest BCUT2D eigenvalue weighted by Gasteiger charge is 2.65. The van der Waals surface area contributed by atoms with Gasteiger partial charge in [0, 0.05) is 0 Å². The quantitative estimate of drug-likeness (QED) is 0.204. The zero-order valence-corrected chi connectivity index (χ0v) is 22.8. The van der Waals surface area contributed by atoms with E-state index in [0.717, 1.165) is 0 Å². The number of aliphatic carboxylic acids is 3. The Balaban J connectivity index is 6.71.